The molecule has 6 nitrogen and oxygen atoms in total. The van der Waals surface area contributed by atoms with E-state index in [1.807, 2.05) is 24.0 Å². The van der Waals surface area contributed by atoms with Crippen molar-refractivity contribution in [1.29, 1.82) is 0 Å². The largest absolute Gasteiger partial charge is 0.338 e. The molecule has 0 radical (unpaired) electrons. The van der Waals surface area contributed by atoms with E-state index in [1.165, 1.54) is 4.88 Å². The number of hydrogen-bond acceptors (Lipinski definition) is 5. The standard InChI is InChI=1S/C20H29N5OS/c1-14(2)23-11-8-18-21-22-19(25(18)13-12-23)16-6-9-24(10-7-16)20(26)17-5-4-15(3)27-17/h4-5,14,16H,6-13H2,1-3H3. The fraction of sp³-hybridized carbons (Fsp3) is 0.650. The van der Waals surface area contributed by atoms with Crippen molar-refractivity contribution in [2.75, 3.05) is 26.2 Å². The summed E-state index contributed by atoms with van der Waals surface area (Å²) in [4.78, 5) is 19.2. The number of thiophene rings is 1. The van der Waals surface area contributed by atoms with E-state index in [-0.39, 0.29) is 5.91 Å². The molecule has 146 valence electrons. The molecule has 1 amide bonds. The number of rotatable bonds is 3. The van der Waals surface area contributed by atoms with Crippen LogP contribution in [0.4, 0.5) is 0 Å². The molecule has 0 unspecified atom stereocenters. The molecule has 0 spiro atoms. The number of likely N-dealkylation sites (tertiary alicyclic amines) is 1. The lowest BCUT2D eigenvalue weighted by atomic mass is 9.95. The molecule has 27 heavy (non-hydrogen) atoms. The zero-order valence-electron chi connectivity index (χ0n) is 16.5. The van der Waals surface area contributed by atoms with Gasteiger partial charge in [0.05, 0.1) is 4.88 Å². The summed E-state index contributed by atoms with van der Waals surface area (Å²) in [6.07, 6.45) is 2.92. The summed E-state index contributed by atoms with van der Waals surface area (Å²) in [5, 5.41) is 9.06. The minimum Gasteiger partial charge on any atom is -0.338 e. The molecule has 0 bridgehead atoms. The predicted octanol–water partition coefficient (Wildman–Crippen LogP) is 2.93. The van der Waals surface area contributed by atoms with Crippen LogP contribution in [0.1, 0.15) is 58.8 Å². The van der Waals surface area contributed by atoms with Crippen LogP contribution < -0.4 is 0 Å². The number of piperidine rings is 1. The Hall–Kier alpha value is -1.73. The Morgan fingerprint density at radius 2 is 1.89 bits per heavy atom. The van der Waals surface area contributed by atoms with Crippen LogP contribution in [0.25, 0.3) is 0 Å². The molecule has 1 saturated heterocycles. The zero-order chi connectivity index (χ0) is 19.0. The first kappa shape index (κ1) is 18.6. The van der Waals surface area contributed by atoms with Crippen molar-refractivity contribution >= 4 is 17.2 Å². The highest BCUT2D eigenvalue weighted by molar-refractivity contribution is 7.13. The summed E-state index contributed by atoms with van der Waals surface area (Å²) >= 11 is 1.59. The van der Waals surface area contributed by atoms with E-state index >= 15 is 0 Å². The first-order valence-electron chi connectivity index (χ1n) is 10.0. The molecule has 2 aliphatic rings. The summed E-state index contributed by atoms with van der Waals surface area (Å²) in [7, 11) is 0. The molecular formula is C20H29N5OS. The van der Waals surface area contributed by atoms with E-state index in [9.17, 15) is 4.79 Å². The van der Waals surface area contributed by atoms with Gasteiger partial charge in [0.2, 0.25) is 0 Å². The topological polar surface area (TPSA) is 54.3 Å². The van der Waals surface area contributed by atoms with Gasteiger partial charge in [-0.3, -0.25) is 9.69 Å². The number of aromatic nitrogens is 3. The van der Waals surface area contributed by atoms with Crippen LogP contribution in [0.5, 0.6) is 0 Å². The second-order valence-electron chi connectivity index (χ2n) is 7.98. The molecule has 0 atom stereocenters. The third kappa shape index (κ3) is 3.80. The lowest BCUT2D eigenvalue weighted by Crippen LogP contribution is -2.38. The van der Waals surface area contributed by atoms with Gasteiger partial charge in [0.25, 0.3) is 5.91 Å². The first-order chi connectivity index (χ1) is 13.0. The van der Waals surface area contributed by atoms with E-state index in [0.29, 0.717) is 12.0 Å². The second kappa shape index (κ2) is 7.72. The third-order valence-corrected chi connectivity index (χ3v) is 6.91. The van der Waals surface area contributed by atoms with Crippen molar-refractivity contribution in [2.24, 2.45) is 0 Å². The van der Waals surface area contributed by atoms with E-state index in [2.05, 4.69) is 33.5 Å². The maximum absolute atomic E-state index is 12.7. The molecule has 0 saturated carbocycles. The lowest BCUT2D eigenvalue weighted by Gasteiger charge is -2.31. The van der Waals surface area contributed by atoms with Crippen LogP contribution >= 0.6 is 11.3 Å². The smallest absolute Gasteiger partial charge is 0.263 e. The Bertz CT molecular complexity index is 803. The van der Waals surface area contributed by atoms with Crippen LogP contribution in [0.3, 0.4) is 0 Å². The minimum atomic E-state index is 0.180. The predicted molar refractivity (Wildman–Crippen MR) is 107 cm³/mol. The highest BCUT2D eigenvalue weighted by Gasteiger charge is 2.30. The molecule has 2 aromatic rings. The molecule has 0 N–H and O–H groups in total. The van der Waals surface area contributed by atoms with Gasteiger partial charge in [-0.25, -0.2) is 0 Å². The fourth-order valence-electron chi connectivity index (χ4n) is 4.23. The summed E-state index contributed by atoms with van der Waals surface area (Å²) < 4.78 is 2.35. The molecule has 7 heteroatoms. The van der Waals surface area contributed by atoms with E-state index < -0.39 is 0 Å². The maximum Gasteiger partial charge on any atom is 0.263 e. The van der Waals surface area contributed by atoms with E-state index in [1.54, 1.807) is 11.3 Å². The number of fused-ring (bicyclic) bond motifs is 1. The summed E-state index contributed by atoms with van der Waals surface area (Å²) in [6.45, 7) is 11.3. The van der Waals surface area contributed by atoms with E-state index in [0.717, 1.165) is 68.5 Å². The van der Waals surface area contributed by atoms with Crippen molar-refractivity contribution in [3.8, 4) is 0 Å². The van der Waals surface area contributed by atoms with Gasteiger partial charge < -0.3 is 9.47 Å². The first-order valence-corrected chi connectivity index (χ1v) is 10.9. The molecule has 0 aromatic carbocycles. The number of nitrogens with zero attached hydrogens (tertiary/aromatic N) is 5. The van der Waals surface area contributed by atoms with Crippen molar-refractivity contribution in [1.82, 2.24) is 24.6 Å². The third-order valence-electron chi connectivity index (χ3n) is 5.92. The highest BCUT2D eigenvalue weighted by atomic mass is 32.1. The Balaban J connectivity index is 1.41. The Kier molecular flexibility index (Phi) is 5.32. The molecule has 2 aliphatic heterocycles. The van der Waals surface area contributed by atoms with Crippen LogP contribution in [0.2, 0.25) is 0 Å². The van der Waals surface area contributed by atoms with Gasteiger partial charge in [-0.2, -0.15) is 0 Å². The van der Waals surface area contributed by atoms with Crippen LogP contribution in [0.15, 0.2) is 12.1 Å². The Morgan fingerprint density at radius 3 is 2.56 bits per heavy atom. The SMILES string of the molecule is Cc1ccc(C(=O)N2CCC(c3nnc4n3CCN(C(C)C)CC4)CC2)s1. The van der Waals surface area contributed by atoms with Crippen LogP contribution in [0, 0.1) is 6.92 Å². The van der Waals surface area contributed by atoms with Crippen molar-refractivity contribution < 1.29 is 4.79 Å². The van der Waals surface area contributed by atoms with Gasteiger partial charge in [-0.1, -0.05) is 0 Å². The highest BCUT2D eigenvalue weighted by Crippen LogP contribution is 2.29. The quantitative estimate of drug-likeness (QED) is 0.813. The lowest BCUT2D eigenvalue weighted by molar-refractivity contribution is 0.0715. The van der Waals surface area contributed by atoms with Gasteiger partial charge >= 0.3 is 0 Å². The van der Waals surface area contributed by atoms with Gasteiger partial charge in [0.1, 0.15) is 11.6 Å². The molecule has 4 rings (SSSR count). The van der Waals surface area contributed by atoms with Gasteiger partial charge in [0.15, 0.2) is 0 Å². The number of aryl methyl sites for hydroxylation is 1. The van der Waals surface area contributed by atoms with Gasteiger partial charge in [-0.05, 0) is 45.7 Å². The summed E-state index contributed by atoms with van der Waals surface area (Å²) in [5.74, 6) is 2.85. The maximum atomic E-state index is 12.7. The number of carbonyl (C=O) groups excluding carboxylic acids is 1. The molecule has 2 aromatic heterocycles. The van der Waals surface area contributed by atoms with Gasteiger partial charge in [0, 0.05) is 56.0 Å². The average molecular weight is 388 g/mol. The second-order valence-corrected chi connectivity index (χ2v) is 9.27. The van der Waals surface area contributed by atoms with Crippen LogP contribution in [-0.4, -0.2) is 62.7 Å². The zero-order valence-corrected chi connectivity index (χ0v) is 17.3. The van der Waals surface area contributed by atoms with Gasteiger partial charge in [-0.15, -0.1) is 21.5 Å². The Morgan fingerprint density at radius 1 is 1.11 bits per heavy atom. The van der Waals surface area contributed by atoms with Crippen molar-refractivity contribution in [3.63, 3.8) is 0 Å². The minimum absolute atomic E-state index is 0.180. The molecule has 1 fully saturated rings. The van der Waals surface area contributed by atoms with Crippen molar-refractivity contribution in [2.45, 2.75) is 58.5 Å². The monoisotopic (exact) mass is 387 g/mol. The number of carbonyl (C=O) groups is 1. The normalized spacial score (nSPS) is 19.3. The molecule has 0 aliphatic carbocycles. The summed E-state index contributed by atoms with van der Waals surface area (Å²) in [5.41, 5.74) is 0. The van der Waals surface area contributed by atoms with Crippen LogP contribution in [-0.2, 0) is 13.0 Å². The van der Waals surface area contributed by atoms with E-state index in [4.69, 9.17) is 0 Å². The molecular weight excluding hydrogens is 358 g/mol. The Labute approximate surface area is 165 Å². The number of amides is 1. The molecule has 4 heterocycles. The van der Waals surface area contributed by atoms with Crippen molar-refractivity contribution in [3.05, 3.63) is 33.5 Å². The number of hydrogen-bond donors (Lipinski definition) is 0. The average Bonchev–Trinajstić information content (AvgIpc) is 3.21. The fourth-order valence-corrected chi connectivity index (χ4v) is 5.06. The summed E-state index contributed by atoms with van der Waals surface area (Å²) in [6, 6.07) is 4.55.